The van der Waals surface area contributed by atoms with Crippen LogP contribution in [0, 0.1) is 0 Å². The Balaban J connectivity index is 2.03. The van der Waals surface area contributed by atoms with E-state index in [1.54, 1.807) is 18.2 Å². The molecule has 0 aromatic heterocycles. The molecular formula is C28H40N4O2. The highest BCUT2D eigenvalue weighted by Crippen LogP contribution is 2.30. The first kappa shape index (κ1) is 27.2. The van der Waals surface area contributed by atoms with Crippen LogP contribution in [-0.4, -0.2) is 11.8 Å². The van der Waals surface area contributed by atoms with Crippen LogP contribution in [0.1, 0.15) is 90.9 Å². The van der Waals surface area contributed by atoms with Gasteiger partial charge in [0.2, 0.25) is 11.8 Å². The minimum Gasteiger partial charge on any atom is -0.326 e. The number of nitrogens with zero attached hydrogens (tertiary/aromatic N) is 2. The van der Waals surface area contributed by atoms with Crippen LogP contribution in [0.3, 0.4) is 0 Å². The van der Waals surface area contributed by atoms with Crippen LogP contribution in [0.2, 0.25) is 0 Å². The number of hydrogen-bond acceptors (Lipinski definition) is 4. The molecule has 2 aromatic rings. The van der Waals surface area contributed by atoms with E-state index in [4.69, 9.17) is 0 Å². The van der Waals surface area contributed by atoms with Gasteiger partial charge >= 0.3 is 0 Å². The summed E-state index contributed by atoms with van der Waals surface area (Å²) in [6.07, 6.45) is 11.9. The van der Waals surface area contributed by atoms with E-state index in [0.29, 0.717) is 29.9 Å². The molecule has 0 unspecified atom stereocenters. The van der Waals surface area contributed by atoms with Gasteiger partial charge in [0.1, 0.15) is 5.69 Å². The van der Waals surface area contributed by atoms with Crippen molar-refractivity contribution in [3.8, 4) is 0 Å². The largest absolute Gasteiger partial charge is 0.326 e. The number of hydrogen-bond donors (Lipinski definition) is 2. The molecular weight excluding hydrogens is 424 g/mol. The smallest absolute Gasteiger partial charge is 0.224 e. The molecule has 6 heteroatoms. The number of amides is 2. The molecule has 0 saturated heterocycles. The van der Waals surface area contributed by atoms with Gasteiger partial charge in [0.05, 0.1) is 11.4 Å². The van der Waals surface area contributed by atoms with Gasteiger partial charge in [-0.3, -0.25) is 9.59 Å². The first-order chi connectivity index (χ1) is 16.6. The van der Waals surface area contributed by atoms with Gasteiger partial charge in [-0.25, -0.2) is 0 Å². The van der Waals surface area contributed by atoms with Crippen molar-refractivity contribution in [1.82, 2.24) is 0 Å². The Hall–Kier alpha value is -3.02. The van der Waals surface area contributed by atoms with Gasteiger partial charge in [0.15, 0.2) is 0 Å². The average molecular weight is 465 g/mol. The first-order valence-corrected chi connectivity index (χ1v) is 12.8. The van der Waals surface area contributed by atoms with Crippen LogP contribution < -0.4 is 10.6 Å². The Morgan fingerprint density at radius 2 is 1.26 bits per heavy atom. The summed E-state index contributed by atoms with van der Waals surface area (Å²) in [5.74, 6) is -0.0598. The van der Waals surface area contributed by atoms with Crippen molar-refractivity contribution in [2.75, 3.05) is 10.6 Å². The molecule has 0 heterocycles. The van der Waals surface area contributed by atoms with Crippen molar-refractivity contribution in [3.05, 3.63) is 48.5 Å². The molecule has 0 aliphatic rings. The molecule has 2 N–H and O–H groups in total. The molecule has 0 spiro atoms. The Morgan fingerprint density at radius 1 is 0.676 bits per heavy atom. The summed E-state index contributed by atoms with van der Waals surface area (Å²) in [6, 6.07) is 14.8. The van der Waals surface area contributed by atoms with Crippen molar-refractivity contribution in [3.63, 3.8) is 0 Å². The second kappa shape index (κ2) is 16.6. The highest BCUT2D eigenvalue weighted by molar-refractivity contribution is 5.96. The van der Waals surface area contributed by atoms with Crippen molar-refractivity contribution in [2.45, 2.75) is 90.9 Å². The normalized spacial score (nSPS) is 11.0. The van der Waals surface area contributed by atoms with Crippen LogP contribution in [0.4, 0.5) is 22.7 Å². The third-order valence-corrected chi connectivity index (χ3v) is 5.60. The summed E-state index contributed by atoms with van der Waals surface area (Å²) >= 11 is 0. The summed E-state index contributed by atoms with van der Waals surface area (Å²) in [4.78, 5) is 24.9. The highest BCUT2D eigenvalue weighted by atomic mass is 16.2. The molecule has 184 valence electrons. The summed E-state index contributed by atoms with van der Waals surface area (Å²) in [5, 5.41) is 14.6. The van der Waals surface area contributed by atoms with Gasteiger partial charge in [-0.15, -0.1) is 5.11 Å². The molecule has 2 rings (SSSR count). The van der Waals surface area contributed by atoms with E-state index >= 15 is 0 Å². The SMILES string of the molecule is CCCCCCCC(=O)Nc1ccc(N=Nc2ccccc2)c(NC(=O)CCCCCCC)c1. The van der Waals surface area contributed by atoms with E-state index in [1.807, 2.05) is 30.3 Å². The van der Waals surface area contributed by atoms with Crippen LogP contribution in [-0.2, 0) is 9.59 Å². The van der Waals surface area contributed by atoms with Gasteiger partial charge in [-0.2, -0.15) is 5.11 Å². The molecule has 0 fully saturated rings. The van der Waals surface area contributed by atoms with Gasteiger partial charge in [-0.1, -0.05) is 83.4 Å². The topological polar surface area (TPSA) is 82.9 Å². The molecule has 2 amide bonds. The molecule has 0 bridgehead atoms. The lowest BCUT2D eigenvalue weighted by molar-refractivity contribution is -0.117. The van der Waals surface area contributed by atoms with E-state index in [-0.39, 0.29) is 11.8 Å². The zero-order valence-electron chi connectivity index (χ0n) is 20.8. The van der Waals surface area contributed by atoms with E-state index in [2.05, 4.69) is 34.7 Å². The Morgan fingerprint density at radius 3 is 1.88 bits per heavy atom. The predicted molar refractivity (Wildman–Crippen MR) is 141 cm³/mol. The third-order valence-electron chi connectivity index (χ3n) is 5.60. The van der Waals surface area contributed by atoms with Gasteiger partial charge in [0.25, 0.3) is 0 Å². The number of carbonyl (C=O) groups excluding carboxylic acids is 2. The summed E-state index contributed by atoms with van der Waals surface area (Å²) in [5.41, 5.74) is 2.49. The summed E-state index contributed by atoms with van der Waals surface area (Å²) in [7, 11) is 0. The number of nitrogens with one attached hydrogen (secondary N) is 2. The maximum Gasteiger partial charge on any atom is 0.224 e. The van der Waals surface area contributed by atoms with Gasteiger partial charge in [-0.05, 0) is 43.2 Å². The third kappa shape index (κ3) is 11.2. The summed E-state index contributed by atoms with van der Waals surface area (Å²) < 4.78 is 0. The minimum absolute atomic E-state index is 0.0108. The number of rotatable bonds is 16. The highest BCUT2D eigenvalue weighted by Gasteiger charge is 2.10. The van der Waals surface area contributed by atoms with Crippen LogP contribution in [0.5, 0.6) is 0 Å². The van der Waals surface area contributed by atoms with E-state index in [0.717, 1.165) is 37.8 Å². The Labute approximate surface area is 204 Å². The summed E-state index contributed by atoms with van der Waals surface area (Å²) in [6.45, 7) is 4.36. The molecule has 0 aliphatic heterocycles. The molecule has 6 nitrogen and oxygen atoms in total. The maximum absolute atomic E-state index is 12.6. The predicted octanol–water partition coefficient (Wildman–Crippen LogP) is 8.70. The lowest BCUT2D eigenvalue weighted by Crippen LogP contribution is -2.13. The van der Waals surface area contributed by atoms with Crippen molar-refractivity contribution >= 4 is 34.6 Å². The van der Waals surface area contributed by atoms with E-state index in [1.165, 1.54) is 32.1 Å². The van der Waals surface area contributed by atoms with E-state index in [9.17, 15) is 9.59 Å². The maximum atomic E-state index is 12.6. The average Bonchev–Trinajstić information content (AvgIpc) is 2.84. The number of azo groups is 1. The quantitative estimate of drug-likeness (QED) is 0.192. The van der Waals surface area contributed by atoms with Crippen molar-refractivity contribution in [1.29, 1.82) is 0 Å². The molecule has 0 atom stereocenters. The van der Waals surface area contributed by atoms with Crippen molar-refractivity contribution < 1.29 is 9.59 Å². The molecule has 0 radical (unpaired) electrons. The molecule has 2 aromatic carbocycles. The lowest BCUT2D eigenvalue weighted by atomic mass is 10.1. The van der Waals surface area contributed by atoms with Crippen LogP contribution in [0.25, 0.3) is 0 Å². The fourth-order valence-corrected chi connectivity index (χ4v) is 3.62. The number of benzene rings is 2. The standard InChI is InChI=1S/C28H40N4O2/c1-3-5-7-9-14-18-27(33)29-24-20-21-25(32-31-23-16-12-11-13-17-23)26(22-24)30-28(34)19-15-10-8-6-4-2/h11-13,16-17,20-22H,3-10,14-15,18-19H2,1-2H3,(H,29,33)(H,30,34). The van der Waals surface area contributed by atoms with Gasteiger partial charge < -0.3 is 10.6 Å². The zero-order chi connectivity index (χ0) is 24.4. The molecule has 34 heavy (non-hydrogen) atoms. The monoisotopic (exact) mass is 464 g/mol. The molecule has 0 saturated carbocycles. The number of carbonyl (C=O) groups is 2. The second-order valence-corrected chi connectivity index (χ2v) is 8.69. The van der Waals surface area contributed by atoms with Crippen LogP contribution in [0.15, 0.2) is 58.8 Å². The van der Waals surface area contributed by atoms with Crippen LogP contribution >= 0.6 is 0 Å². The number of unbranched alkanes of at least 4 members (excludes halogenated alkanes) is 8. The number of anilines is 2. The van der Waals surface area contributed by atoms with E-state index < -0.39 is 0 Å². The molecule has 0 aliphatic carbocycles. The van der Waals surface area contributed by atoms with Crippen molar-refractivity contribution in [2.24, 2.45) is 10.2 Å². The Kier molecular flexibility index (Phi) is 13.3. The lowest BCUT2D eigenvalue weighted by Gasteiger charge is -2.11. The fourth-order valence-electron chi connectivity index (χ4n) is 3.62. The van der Waals surface area contributed by atoms with Gasteiger partial charge in [0, 0.05) is 18.5 Å². The fraction of sp³-hybridized carbons (Fsp3) is 0.500. The Bertz CT molecular complexity index is 897. The zero-order valence-corrected chi connectivity index (χ0v) is 20.8. The minimum atomic E-state index is -0.0490. The first-order valence-electron chi connectivity index (χ1n) is 12.8. The second-order valence-electron chi connectivity index (χ2n) is 8.69.